The van der Waals surface area contributed by atoms with Crippen molar-refractivity contribution in [2.45, 2.75) is 108 Å². The number of rotatable bonds is 5. The molecule has 9 aliphatic carbocycles. The van der Waals surface area contributed by atoms with Crippen molar-refractivity contribution in [1.82, 2.24) is 9.88 Å². The van der Waals surface area contributed by atoms with Crippen LogP contribution < -0.4 is 10.1 Å². The van der Waals surface area contributed by atoms with Gasteiger partial charge in [-0.3, -0.25) is 9.79 Å². The molecule has 8 bridgehead atoms. The van der Waals surface area contributed by atoms with Gasteiger partial charge in [-0.2, -0.15) is 0 Å². The number of carbonyl (C=O) groups is 1. The van der Waals surface area contributed by atoms with Crippen LogP contribution >= 0.6 is 28.3 Å². The quantitative estimate of drug-likeness (QED) is 0.472. The first-order chi connectivity index (χ1) is 16.0. The molecule has 9 aliphatic rings. The molecular formula is C28H40BrN3OS. The molecule has 0 saturated heterocycles. The first-order valence-corrected chi connectivity index (χ1v) is 15.0. The van der Waals surface area contributed by atoms with Crippen LogP contribution in [0.25, 0.3) is 0 Å². The lowest BCUT2D eigenvalue weighted by Crippen LogP contribution is -2.53. The fourth-order valence-corrected chi connectivity index (χ4v) is 11.5. The maximum Gasteiger partial charge on any atom is 0.226 e. The average Bonchev–Trinajstić information content (AvgIpc) is 3.51. The third kappa shape index (κ3) is 3.63. The maximum absolute atomic E-state index is 13.5. The van der Waals surface area contributed by atoms with Crippen molar-refractivity contribution in [3.05, 3.63) is 15.9 Å². The zero-order valence-corrected chi connectivity index (χ0v) is 22.9. The van der Waals surface area contributed by atoms with E-state index in [-0.39, 0.29) is 27.9 Å². The summed E-state index contributed by atoms with van der Waals surface area (Å²) in [6, 6.07) is 0.621. The van der Waals surface area contributed by atoms with Gasteiger partial charge in [0.15, 0.2) is 4.80 Å². The molecular weight excluding hydrogens is 506 g/mol. The summed E-state index contributed by atoms with van der Waals surface area (Å²) in [4.78, 5) is 20.4. The van der Waals surface area contributed by atoms with E-state index in [4.69, 9.17) is 4.99 Å². The number of carbonyl (C=O) groups excluding carboxylic acids is 1. The summed E-state index contributed by atoms with van der Waals surface area (Å²) in [6.45, 7) is 0.698. The van der Waals surface area contributed by atoms with E-state index in [2.05, 4.69) is 15.3 Å². The van der Waals surface area contributed by atoms with Crippen LogP contribution in [-0.2, 0) is 11.3 Å². The summed E-state index contributed by atoms with van der Waals surface area (Å²) in [7, 11) is 0. The number of hydrogen-bond acceptors (Lipinski definition) is 3. The highest BCUT2D eigenvalue weighted by Crippen LogP contribution is 2.60. The van der Waals surface area contributed by atoms with E-state index in [0.717, 1.165) is 54.8 Å². The fraction of sp³-hybridized carbons (Fsp3) is 0.857. The Bertz CT molecular complexity index is 982. The summed E-state index contributed by atoms with van der Waals surface area (Å²) in [5.74, 6) is 5.66. The molecule has 0 spiro atoms. The summed E-state index contributed by atoms with van der Waals surface area (Å²) < 4.78 is 2.54. The summed E-state index contributed by atoms with van der Waals surface area (Å²) in [5, 5.41) is 5.77. The Hall–Kier alpha value is -0.620. The summed E-state index contributed by atoms with van der Waals surface area (Å²) in [5.41, 5.74) is 1.50. The molecule has 1 aromatic heterocycles. The van der Waals surface area contributed by atoms with E-state index in [1.807, 2.05) is 11.3 Å². The molecule has 0 aliphatic heterocycles. The van der Waals surface area contributed by atoms with Crippen LogP contribution in [0.1, 0.15) is 102 Å². The predicted octanol–water partition coefficient (Wildman–Crippen LogP) is 6.16. The Morgan fingerprint density at radius 1 is 0.882 bits per heavy atom. The number of aromatic nitrogens is 1. The summed E-state index contributed by atoms with van der Waals surface area (Å²) >= 11 is 1.85. The highest BCUT2D eigenvalue weighted by Gasteiger charge is 2.55. The number of amides is 1. The minimum atomic E-state index is -0.0401. The topological polar surface area (TPSA) is 46.4 Å². The third-order valence-corrected chi connectivity index (χ3v) is 11.9. The Morgan fingerprint density at radius 2 is 1.38 bits per heavy atom. The highest BCUT2D eigenvalue weighted by molar-refractivity contribution is 8.93. The molecule has 1 aromatic rings. The molecule has 0 atom stereocenters. The Morgan fingerprint density at radius 3 is 1.88 bits per heavy atom. The molecule has 10 rings (SSSR count). The average molecular weight is 547 g/mol. The molecule has 1 amide bonds. The van der Waals surface area contributed by atoms with Crippen molar-refractivity contribution >= 4 is 34.2 Å². The molecule has 0 aromatic carbocycles. The number of hydrogen-bond donors (Lipinski definition) is 1. The van der Waals surface area contributed by atoms with E-state index in [1.54, 1.807) is 0 Å². The zero-order chi connectivity index (χ0) is 21.8. The van der Waals surface area contributed by atoms with Crippen LogP contribution in [0.2, 0.25) is 0 Å². The van der Waals surface area contributed by atoms with Crippen LogP contribution in [0.4, 0.5) is 0 Å². The van der Waals surface area contributed by atoms with E-state index in [0.29, 0.717) is 18.5 Å². The monoisotopic (exact) mass is 545 g/mol. The molecule has 9 saturated carbocycles. The van der Waals surface area contributed by atoms with Crippen molar-refractivity contribution in [2.75, 3.05) is 0 Å². The Balaban J connectivity index is 0.00000200. The first-order valence-electron chi connectivity index (χ1n) is 14.1. The second kappa shape index (κ2) is 7.94. The predicted molar refractivity (Wildman–Crippen MR) is 140 cm³/mol. The van der Waals surface area contributed by atoms with E-state index < -0.39 is 0 Å². The minimum Gasteiger partial charge on any atom is -0.350 e. The van der Waals surface area contributed by atoms with Gasteiger partial charge in [0.1, 0.15) is 0 Å². The lowest BCUT2D eigenvalue weighted by molar-refractivity contribution is -0.146. The van der Waals surface area contributed by atoms with Crippen molar-refractivity contribution in [1.29, 1.82) is 0 Å². The van der Waals surface area contributed by atoms with Gasteiger partial charge in [0, 0.05) is 22.5 Å². The van der Waals surface area contributed by atoms with E-state index in [9.17, 15) is 4.79 Å². The van der Waals surface area contributed by atoms with Crippen LogP contribution in [0.5, 0.6) is 0 Å². The van der Waals surface area contributed by atoms with Crippen LogP contribution in [0.3, 0.4) is 0 Å². The van der Waals surface area contributed by atoms with Gasteiger partial charge in [-0.15, -0.1) is 28.3 Å². The fourth-order valence-electron chi connectivity index (χ4n) is 10.4. The smallest absolute Gasteiger partial charge is 0.226 e. The van der Waals surface area contributed by atoms with Gasteiger partial charge in [-0.25, -0.2) is 0 Å². The van der Waals surface area contributed by atoms with Crippen molar-refractivity contribution in [3.63, 3.8) is 0 Å². The molecule has 34 heavy (non-hydrogen) atoms. The molecule has 9 fully saturated rings. The second-order valence-corrected chi connectivity index (χ2v) is 14.6. The van der Waals surface area contributed by atoms with E-state index >= 15 is 0 Å². The van der Waals surface area contributed by atoms with Gasteiger partial charge in [0.05, 0.1) is 12.1 Å². The molecule has 6 heteroatoms. The number of nitrogens with zero attached hydrogens (tertiary/aromatic N) is 2. The van der Waals surface area contributed by atoms with Gasteiger partial charge in [0.2, 0.25) is 5.91 Å². The molecule has 1 N–H and O–H groups in total. The zero-order valence-electron chi connectivity index (χ0n) is 20.3. The highest BCUT2D eigenvalue weighted by atomic mass is 79.9. The van der Waals surface area contributed by atoms with Crippen LogP contribution in [-0.4, -0.2) is 16.0 Å². The molecule has 4 nitrogen and oxygen atoms in total. The van der Waals surface area contributed by atoms with Crippen LogP contribution in [0, 0.1) is 40.9 Å². The number of thiazole rings is 1. The third-order valence-electron chi connectivity index (χ3n) is 11.0. The first kappa shape index (κ1) is 22.6. The normalized spacial score (nSPS) is 46.1. The Kier molecular flexibility index (Phi) is 5.27. The lowest BCUT2D eigenvalue weighted by Gasteiger charge is -2.55. The van der Waals surface area contributed by atoms with Gasteiger partial charge < -0.3 is 9.88 Å². The SMILES string of the molecule is Br.O=C(NCc1csc(=NC23CC4CC(CC(C4)C2)C3)n1C1CC1)C12CC3CC(CC(C3)C1)C2. The van der Waals surface area contributed by atoms with E-state index in [1.165, 1.54) is 81.1 Å². The Labute approximate surface area is 218 Å². The summed E-state index contributed by atoms with van der Waals surface area (Å²) in [6.07, 6.45) is 18.6. The molecule has 0 radical (unpaired) electrons. The largest absolute Gasteiger partial charge is 0.350 e. The number of nitrogens with one attached hydrogen (secondary N) is 1. The molecule has 0 unspecified atom stereocenters. The second-order valence-electron chi connectivity index (χ2n) is 13.7. The van der Waals surface area contributed by atoms with Gasteiger partial charge in [-0.1, -0.05) is 0 Å². The number of halogens is 1. The van der Waals surface area contributed by atoms with Gasteiger partial charge in [0.25, 0.3) is 0 Å². The standard InChI is InChI=1S/C28H39N3OS.BrH/c32-25(27-9-17-3-18(10-27)5-19(4-17)11-27)29-15-24-16-33-26(31(24)23-1-2-23)30-28-12-20-6-21(13-28)8-22(7-20)14-28;/h16-23H,1-15H2,(H,29,32);1H. The molecule has 186 valence electrons. The van der Waals surface area contributed by atoms with Crippen molar-refractivity contribution in [3.8, 4) is 0 Å². The lowest BCUT2D eigenvalue weighted by atomic mass is 9.49. The van der Waals surface area contributed by atoms with Gasteiger partial charge >= 0.3 is 0 Å². The van der Waals surface area contributed by atoms with Crippen LogP contribution in [0.15, 0.2) is 10.4 Å². The maximum atomic E-state index is 13.5. The van der Waals surface area contributed by atoms with Crippen molar-refractivity contribution < 1.29 is 4.79 Å². The minimum absolute atomic E-state index is 0. The molecule has 1 heterocycles. The van der Waals surface area contributed by atoms with Crippen molar-refractivity contribution in [2.24, 2.45) is 45.9 Å². The van der Waals surface area contributed by atoms with Gasteiger partial charge in [-0.05, 0) is 125 Å².